The SMILES string of the molecule is CN(C)C[C@@H](NS(=O)(=O)c1ccccc1F)c1ccccc1. The molecule has 0 aromatic heterocycles. The van der Waals surface area contributed by atoms with Crippen molar-refractivity contribution in [2.45, 2.75) is 10.9 Å². The summed E-state index contributed by atoms with van der Waals surface area (Å²) < 4.78 is 41.3. The second kappa shape index (κ2) is 7.00. The zero-order chi connectivity index (χ0) is 16.2. The molecule has 0 aliphatic rings. The minimum atomic E-state index is -3.94. The van der Waals surface area contributed by atoms with Gasteiger partial charge in [0.2, 0.25) is 10.0 Å². The smallest absolute Gasteiger partial charge is 0.244 e. The van der Waals surface area contributed by atoms with Gasteiger partial charge in [0.05, 0.1) is 6.04 Å². The molecule has 0 unspecified atom stereocenters. The highest BCUT2D eigenvalue weighted by atomic mass is 32.2. The van der Waals surface area contributed by atoms with Gasteiger partial charge in [-0.2, -0.15) is 0 Å². The maximum Gasteiger partial charge on any atom is 0.244 e. The molecule has 0 fully saturated rings. The minimum absolute atomic E-state index is 0.338. The summed E-state index contributed by atoms with van der Waals surface area (Å²) in [5.41, 5.74) is 0.830. The topological polar surface area (TPSA) is 49.4 Å². The number of halogens is 1. The largest absolute Gasteiger partial charge is 0.307 e. The normalized spacial score (nSPS) is 13.3. The zero-order valence-electron chi connectivity index (χ0n) is 12.5. The van der Waals surface area contributed by atoms with Gasteiger partial charge in [-0.15, -0.1) is 0 Å². The monoisotopic (exact) mass is 322 g/mol. The second-order valence-corrected chi connectivity index (χ2v) is 6.96. The summed E-state index contributed by atoms with van der Waals surface area (Å²) in [6.45, 7) is 0.470. The van der Waals surface area contributed by atoms with Crippen molar-refractivity contribution >= 4 is 10.0 Å². The van der Waals surface area contributed by atoms with E-state index in [1.54, 1.807) is 0 Å². The molecule has 0 radical (unpaired) electrons. The Morgan fingerprint density at radius 1 is 1.05 bits per heavy atom. The first kappa shape index (κ1) is 16.6. The van der Waals surface area contributed by atoms with Crippen LogP contribution in [0.2, 0.25) is 0 Å². The Hall–Kier alpha value is -1.76. The molecular formula is C16H19FN2O2S. The summed E-state index contributed by atoms with van der Waals surface area (Å²) in [6, 6.07) is 14.1. The molecule has 1 atom stereocenters. The quantitative estimate of drug-likeness (QED) is 0.888. The van der Waals surface area contributed by atoms with Crippen molar-refractivity contribution < 1.29 is 12.8 Å². The number of benzene rings is 2. The molecule has 2 rings (SSSR count). The molecule has 0 heterocycles. The van der Waals surface area contributed by atoms with E-state index in [4.69, 9.17) is 0 Å². The lowest BCUT2D eigenvalue weighted by Gasteiger charge is -2.22. The van der Waals surface area contributed by atoms with Crippen molar-refractivity contribution in [1.29, 1.82) is 0 Å². The summed E-state index contributed by atoms with van der Waals surface area (Å²) >= 11 is 0. The number of nitrogens with one attached hydrogen (secondary N) is 1. The molecule has 4 nitrogen and oxygen atoms in total. The predicted octanol–water partition coefficient (Wildman–Crippen LogP) is 2.41. The van der Waals surface area contributed by atoms with Gasteiger partial charge in [0, 0.05) is 6.54 Å². The van der Waals surface area contributed by atoms with E-state index < -0.39 is 21.9 Å². The van der Waals surface area contributed by atoms with Crippen molar-refractivity contribution in [3.63, 3.8) is 0 Å². The third kappa shape index (κ3) is 4.13. The Bertz CT molecular complexity index is 718. The van der Waals surface area contributed by atoms with E-state index in [2.05, 4.69) is 4.72 Å². The molecular weight excluding hydrogens is 303 g/mol. The third-order valence-electron chi connectivity index (χ3n) is 3.17. The first-order valence-electron chi connectivity index (χ1n) is 6.86. The van der Waals surface area contributed by atoms with Crippen molar-refractivity contribution in [2.75, 3.05) is 20.6 Å². The molecule has 6 heteroatoms. The highest BCUT2D eigenvalue weighted by molar-refractivity contribution is 7.89. The van der Waals surface area contributed by atoms with Crippen molar-refractivity contribution in [2.24, 2.45) is 0 Å². The summed E-state index contributed by atoms with van der Waals surface area (Å²) in [5, 5.41) is 0. The number of hydrogen-bond acceptors (Lipinski definition) is 3. The first-order chi connectivity index (χ1) is 10.4. The molecule has 0 saturated carbocycles. The number of hydrogen-bond donors (Lipinski definition) is 1. The van der Waals surface area contributed by atoms with E-state index in [9.17, 15) is 12.8 Å². The van der Waals surface area contributed by atoms with Crippen LogP contribution in [0, 0.1) is 5.82 Å². The molecule has 0 aliphatic heterocycles. The fourth-order valence-corrected chi connectivity index (χ4v) is 3.47. The third-order valence-corrected chi connectivity index (χ3v) is 4.68. The minimum Gasteiger partial charge on any atom is -0.307 e. The molecule has 22 heavy (non-hydrogen) atoms. The Morgan fingerprint density at radius 2 is 1.64 bits per heavy atom. The van der Waals surface area contributed by atoms with Gasteiger partial charge in [0.1, 0.15) is 10.7 Å². The van der Waals surface area contributed by atoms with Crippen molar-refractivity contribution in [1.82, 2.24) is 9.62 Å². The number of sulfonamides is 1. The Morgan fingerprint density at radius 3 is 2.23 bits per heavy atom. The van der Waals surface area contributed by atoms with Crippen molar-refractivity contribution in [3.8, 4) is 0 Å². The Labute approximate surface area is 130 Å². The molecule has 0 spiro atoms. The van der Waals surface area contributed by atoms with Crippen LogP contribution in [0.1, 0.15) is 11.6 Å². The first-order valence-corrected chi connectivity index (χ1v) is 8.35. The lowest BCUT2D eigenvalue weighted by Crippen LogP contribution is -2.35. The highest BCUT2D eigenvalue weighted by Gasteiger charge is 2.24. The van der Waals surface area contributed by atoms with E-state index in [1.165, 1.54) is 18.2 Å². The van der Waals surface area contributed by atoms with E-state index in [0.29, 0.717) is 6.54 Å². The molecule has 0 amide bonds. The van der Waals surface area contributed by atoms with Gasteiger partial charge >= 0.3 is 0 Å². The van der Waals surface area contributed by atoms with Gasteiger partial charge in [-0.1, -0.05) is 42.5 Å². The van der Waals surface area contributed by atoms with Gasteiger partial charge in [0.15, 0.2) is 0 Å². The molecule has 2 aromatic carbocycles. The number of likely N-dealkylation sites (N-methyl/N-ethyl adjacent to an activating group) is 1. The molecule has 1 N–H and O–H groups in total. The Balaban J connectivity index is 2.33. The average Bonchev–Trinajstić information content (AvgIpc) is 2.47. The van der Waals surface area contributed by atoms with Crippen molar-refractivity contribution in [3.05, 3.63) is 66.0 Å². The van der Waals surface area contributed by atoms with Crippen LogP contribution >= 0.6 is 0 Å². The van der Waals surface area contributed by atoms with Crippen LogP contribution in [0.5, 0.6) is 0 Å². The predicted molar refractivity (Wildman–Crippen MR) is 84.5 cm³/mol. The fraction of sp³-hybridized carbons (Fsp3) is 0.250. The standard InChI is InChI=1S/C16H19FN2O2S/c1-19(2)12-15(13-8-4-3-5-9-13)18-22(20,21)16-11-7-6-10-14(16)17/h3-11,15,18H,12H2,1-2H3/t15-/m1/s1. The van der Waals surface area contributed by atoms with E-state index >= 15 is 0 Å². The molecule has 2 aromatic rings. The average molecular weight is 322 g/mol. The van der Waals surface area contributed by atoms with E-state index in [-0.39, 0.29) is 4.90 Å². The molecule has 0 aliphatic carbocycles. The summed E-state index contributed by atoms with van der Waals surface area (Å²) in [6.07, 6.45) is 0. The van der Waals surface area contributed by atoms with Crippen LogP contribution in [0.15, 0.2) is 59.5 Å². The van der Waals surface area contributed by atoms with Crippen LogP contribution < -0.4 is 4.72 Å². The summed E-state index contributed by atoms with van der Waals surface area (Å²) in [7, 11) is -0.227. The molecule has 0 saturated heterocycles. The fourth-order valence-electron chi connectivity index (χ4n) is 2.17. The Kier molecular flexibility index (Phi) is 5.28. The van der Waals surface area contributed by atoms with Crippen LogP contribution in [-0.4, -0.2) is 34.0 Å². The van der Waals surface area contributed by atoms with Gasteiger partial charge < -0.3 is 4.90 Å². The zero-order valence-corrected chi connectivity index (χ0v) is 13.3. The summed E-state index contributed by atoms with van der Waals surface area (Å²) in [4.78, 5) is 1.54. The lowest BCUT2D eigenvalue weighted by molar-refractivity contribution is 0.363. The van der Waals surface area contributed by atoms with E-state index in [0.717, 1.165) is 11.6 Å². The highest BCUT2D eigenvalue weighted by Crippen LogP contribution is 2.19. The lowest BCUT2D eigenvalue weighted by atomic mass is 10.1. The number of nitrogens with zero attached hydrogens (tertiary/aromatic N) is 1. The van der Waals surface area contributed by atoms with Gasteiger partial charge in [-0.25, -0.2) is 17.5 Å². The maximum absolute atomic E-state index is 13.8. The van der Waals surface area contributed by atoms with E-state index in [1.807, 2.05) is 49.3 Å². The molecule has 0 bridgehead atoms. The van der Waals surface area contributed by atoms with Gasteiger partial charge in [-0.05, 0) is 31.8 Å². The van der Waals surface area contributed by atoms with Gasteiger partial charge in [-0.3, -0.25) is 0 Å². The van der Waals surface area contributed by atoms with Crippen LogP contribution in [0.3, 0.4) is 0 Å². The van der Waals surface area contributed by atoms with Crippen LogP contribution in [0.25, 0.3) is 0 Å². The molecule has 118 valence electrons. The summed E-state index contributed by atoms with van der Waals surface area (Å²) in [5.74, 6) is -0.758. The number of rotatable bonds is 6. The second-order valence-electron chi connectivity index (χ2n) is 5.28. The maximum atomic E-state index is 13.8. The van der Waals surface area contributed by atoms with Crippen LogP contribution in [0.4, 0.5) is 4.39 Å². The van der Waals surface area contributed by atoms with Gasteiger partial charge in [0.25, 0.3) is 0 Å². The van der Waals surface area contributed by atoms with Crippen LogP contribution in [-0.2, 0) is 10.0 Å².